The number of carbonyl (C=O) groups is 5. The number of phenolic OH excluding ortho intramolecular Hbond substituents is 1. The van der Waals surface area contributed by atoms with Crippen LogP contribution in [0.5, 0.6) is 5.75 Å². The Kier molecular flexibility index (Phi) is 9.53. The highest BCUT2D eigenvalue weighted by molar-refractivity contribution is 6.23. The number of amides is 5. The summed E-state index contributed by atoms with van der Waals surface area (Å²) in [6.45, 7) is 4.47. The highest BCUT2D eigenvalue weighted by atomic mass is 19.1. The molecule has 1 aliphatic carbocycles. The number of anilines is 1. The lowest BCUT2D eigenvalue weighted by Crippen LogP contribution is -2.54. The molecule has 6 aliphatic rings. The van der Waals surface area contributed by atoms with Crippen molar-refractivity contribution in [2.75, 3.05) is 37.6 Å². The molecule has 60 heavy (non-hydrogen) atoms. The summed E-state index contributed by atoms with van der Waals surface area (Å²) in [6, 6.07) is 19.3. The highest BCUT2D eigenvalue weighted by Crippen LogP contribution is 2.48. The molecule has 0 saturated carbocycles. The van der Waals surface area contributed by atoms with Crippen molar-refractivity contribution in [3.63, 3.8) is 0 Å². The Morgan fingerprint density at radius 3 is 2.10 bits per heavy atom. The number of benzene rings is 3. The van der Waals surface area contributed by atoms with Gasteiger partial charge in [0.15, 0.2) is 0 Å². The quantitative estimate of drug-likeness (QED) is 0.245. The molecule has 308 valence electrons. The Labute approximate surface area is 347 Å². The Morgan fingerprint density at radius 1 is 0.783 bits per heavy atom. The second kappa shape index (κ2) is 14.9. The number of carbonyl (C=O) groups excluding carboxylic acids is 5. The van der Waals surface area contributed by atoms with Gasteiger partial charge in [-0.2, -0.15) is 0 Å². The number of nitrogens with one attached hydrogen (secondary N) is 1. The Balaban J connectivity index is 0.733. The summed E-state index contributed by atoms with van der Waals surface area (Å²) in [5.41, 5.74) is 7.05. The standard InChI is InChI=1S/C47H47FN6O6/c48-33-5-1-28(2-6-33)35-8-3-29-21-34(55)7-9-36(29)43(35)30-4-11-40(49-24-30)52-17-13-47(14-18-52)15-19-53(20-16-47)42(57)27-51-25-31-22-37-38(23-32(31)26-51)46(60)54(45(37)59)39-10-12-41(56)50-44(39)58/h1-2,4-7,9,11,21-24,35,39,43,55H,3,8,10,12-20,25-27H2,(H,50,56,58)/t35-,39-,43+/m1/s1. The first kappa shape index (κ1) is 38.3. The van der Waals surface area contributed by atoms with Crippen molar-refractivity contribution in [2.24, 2.45) is 5.41 Å². The maximum absolute atomic E-state index is 13.9. The van der Waals surface area contributed by atoms with Gasteiger partial charge in [0, 0.05) is 57.8 Å². The van der Waals surface area contributed by atoms with Gasteiger partial charge in [-0.3, -0.25) is 39.1 Å². The van der Waals surface area contributed by atoms with Gasteiger partial charge in [0.25, 0.3) is 11.8 Å². The van der Waals surface area contributed by atoms with Gasteiger partial charge in [0.2, 0.25) is 17.7 Å². The number of aromatic nitrogens is 1. The molecule has 3 atom stereocenters. The number of piperidine rings is 3. The Bertz CT molecular complexity index is 2370. The van der Waals surface area contributed by atoms with E-state index in [1.54, 1.807) is 18.2 Å². The molecule has 3 aromatic carbocycles. The van der Waals surface area contributed by atoms with Crippen LogP contribution in [0.1, 0.15) is 111 Å². The number of nitrogens with zero attached hydrogens (tertiary/aromatic N) is 5. The second-order valence-electron chi connectivity index (χ2n) is 17.6. The lowest BCUT2D eigenvalue weighted by atomic mass is 9.69. The van der Waals surface area contributed by atoms with Crippen molar-refractivity contribution < 1.29 is 33.5 Å². The first-order valence-electron chi connectivity index (χ1n) is 21.2. The number of aromatic hydroxyl groups is 1. The molecule has 3 saturated heterocycles. The zero-order valence-corrected chi connectivity index (χ0v) is 33.4. The molecule has 5 aliphatic heterocycles. The van der Waals surface area contributed by atoms with E-state index in [4.69, 9.17) is 4.98 Å². The van der Waals surface area contributed by atoms with Crippen molar-refractivity contribution in [3.05, 3.63) is 123 Å². The predicted molar refractivity (Wildman–Crippen MR) is 219 cm³/mol. The summed E-state index contributed by atoms with van der Waals surface area (Å²) >= 11 is 0. The number of imide groups is 2. The second-order valence-corrected chi connectivity index (χ2v) is 17.6. The van der Waals surface area contributed by atoms with E-state index < -0.39 is 29.7 Å². The lowest BCUT2D eigenvalue weighted by molar-refractivity contribution is -0.137. The third kappa shape index (κ3) is 6.82. The zero-order chi connectivity index (χ0) is 41.3. The fraction of sp³-hybridized carbons (Fsp3) is 0.404. The summed E-state index contributed by atoms with van der Waals surface area (Å²) in [5.74, 6) is -0.816. The zero-order valence-electron chi connectivity index (χ0n) is 33.4. The monoisotopic (exact) mass is 810 g/mol. The number of pyridine rings is 1. The normalized spacial score (nSPS) is 23.8. The molecule has 5 amide bonds. The third-order valence-electron chi connectivity index (χ3n) is 14.2. The topological polar surface area (TPSA) is 143 Å². The predicted octanol–water partition coefficient (Wildman–Crippen LogP) is 5.41. The van der Waals surface area contributed by atoms with E-state index in [9.17, 15) is 33.5 Å². The molecule has 13 heteroatoms. The number of phenols is 1. The maximum Gasteiger partial charge on any atom is 0.262 e. The van der Waals surface area contributed by atoms with E-state index in [-0.39, 0.29) is 65.2 Å². The van der Waals surface area contributed by atoms with E-state index in [1.807, 2.05) is 35.4 Å². The van der Waals surface area contributed by atoms with Gasteiger partial charge in [-0.15, -0.1) is 0 Å². The van der Waals surface area contributed by atoms with Crippen LogP contribution in [-0.2, 0) is 33.9 Å². The number of rotatable bonds is 6. The number of fused-ring (bicyclic) bond motifs is 3. The van der Waals surface area contributed by atoms with Crippen LogP contribution in [0, 0.1) is 11.2 Å². The number of likely N-dealkylation sites (tertiary alicyclic amines) is 1. The maximum atomic E-state index is 13.9. The third-order valence-corrected chi connectivity index (χ3v) is 14.2. The van der Waals surface area contributed by atoms with E-state index >= 15 is 0 Å². The average Bonchev–Trinajstić information content (AvgIpc) is 3.75. The van der Waals surface area contributed by atoms with Crippen molar-refractivity contribution in [1.29, 1.82) is 0 Å². The lowest BCUT2D eigenvalue weighted by Gasteiger charge is -2.47. The minimum absolute atomic E-state index is 0.0386. The number of aryl methyl sites for hydroxylation is 1. The van der Waals surface area contributed by atoms with E-state index in [1.165, 1.54) is 17.7 Å². The van der Waals surface area contributed by atoms with Crippen molar-refractivity contribution >= 4 is 35.4 Å². The van der Waals surface area contributed by atoms with Crippen LogP contribution in [-0.4, -0.2) is 93.1 Å². The molecule has 4 aromatic rings. The van der Waals surface area contributed by atoms with Crippen LogP contribution < -0.4 is 10.2 Å². The molecule has 0 bridgehead atoms. The summed E-state index contributed by atoms with van der Waals surface area (Å²) < 4.78 is 13.9. The largest absolute Gasteiger partial charge is 0.508 e. The summed E-state index contributed by atoms with van der Waals surface area (Å²) in [7, 11) is 0. The van der Waals surface area contributed by atoms with Gasteiger partial charge in [-0.25, -0.2) is 9.37 Å². The Morgan fingerprint density at radius 2 is 1.45 bits per heavy atom. The summed E-state index contributed by atoms with van der Waals surface area (Å²) in [4.78, 5) is 76.7. The van der Waals surface area contributed by atoms with Crippen LogP contribution in [0.25, 0.3) is 0 Å². The van der Waals surface area contributed by atoms with Crippen molar-refractivity contribution in [2.45, 2.75) is 82.3 Å². The fourth-order valence-corrected chi connectivity index (χ4v) is 10.8. The molecule has 2 N–H and O–H groups in total. The summed E-state index contributed by atoms with van der Waals surface area (Å²) in [6.07, 6.45) is 7.91. The minimum atomic E-state index is -1.00. The smallest absolute Gasteiger partial charge is 0.262 e. The van der Waals surface area contributed by atoms with Gasteiger partial charge in [0.1, 0.15) is 23.4 Å². The van der Waals surface area contributed by atoms with Gasteiger partial charge in [-0.05, 0) is 132 Å². The highest BCUT2D eigenvalue weighted by Gasteiger charge is 2.46. The molecule has 12 nitrogen and oxygen atoms in total. The number of halogens is 1. The Hall–Kier alpha value is -5.95. The van der Waals surface area contributed by atoms with E-state index in [0.717, 1.165) is 103 Å². The van der Waals surface area contributed by atoms with Crippen molar-refractivity contribution in [1.82, 2.24) is 25.0 Å². The van der Waals surface area contributed by atoms with Crippen LogP contribution >= 0.6 is 0 Å². The molecule has 1 spiro atoms. The van der Waals surface area contributed by atoms with Crippen LogP contribution in [0.3, 0.4) is 0 Å². The molecule has 0 unspecified atom stereocenters. The molecule has 6 heterocycles. The number of hydrogen-bond acceptors (Lipinski definition) is 9. The van der Waals surface area contributed by atoms with Crippen LogP contribution in [0.4, 0.5) is 10.2 Å². The number of hydrogen-bond donors (Lipinski definition) is 2. The molecule has 0 radical (unpaired) electrons. The molecular formula is C47H47FN6O6. The van der Waals surface area contributed by atoms with Crippen molar-refractivity contribution in [3.8, 4) is 5.75 Å². The molecule has 1 aromatic heterocycles. The molecule has 3 fully saturated rings. The van der Waals surface area contributed by atoms with Crippen LogP contribution in [0.15, 0.2) is 72.9 Å². The van der Waals surface area contributed by atoms with E-state index in [0.29, 0.717) is 13.1 Å². The van der Waals surface area contributed by atoms with Crippen LogP contribution in [0.2, 0.25) is 0 Å². The van der Waals surface area contributed by atoms with Gasteiger partial charge >= 0.3 is 0 Å². The minimum Gasteiger partial charge on any atom is -0.508 e. The SMILES string of the molecule is O=C1CC[C@@H](N2C(=O)c3cc4c(cc3C2=O)CN(CC(=O)N2CCC3(CC2)CCN(c2ccc([C@@H]5c6ccc(O)cc6CC[C@@H]5c5ccc(F)cc5)cn2)CC3)C4)C(=O)N1. The van der Waals surface area contributed by atoms with Gasteiger partial charge in [-0.1, -0.05) is 24.3 Å². The first-order valence-corrected chi connectivity index (χ1v) is 21.2. The first-order chi connectivity index (χ1) is 29.0. The fourth-order valence-electron chi connectivity index (χ4n) is 10.8. The van der Waals surface area contributed by atoms with E-state index in [2.05, 4.69) is 27.2 Å². The average molecular weight is 811 g/mol. The molecule has 10 rings (SSSR count). The van der Waals surface area contributed by atoms with Gasteiger partial charge < -0.3 is 14.9 Å². The van der Waals surface area contributed by atoms with Gasteiger partial charge in [0.05, 0.1) is 17.7 Å². The molecular weight excluding hydrogens is 764 g/mol. The summed E-state index contributed by atoms with van der Waals surface area (Å²) in [5, 5.41) is 12.4.